The molecule has 0 bridgehead atoms. The van der Waals surface area contributed by atoms with E-state index in [-0.39, 0.29) is 5.69 Å². The molecule has 2 aromatic rings. The Morgan fingerprint density at radius 1 is 1.42 bits per heavy atom. The molecule has 0 saturated carbocycles. The second-order valence-corrected chi connectivity index (χ2v) is 3.69. The van der Waals surface area contributed by atoms with E-state index in [1.54, 1.807) is 29.8 Å². The summed E-state index contributed by atoms with van der Waals surface area (Å²) < 4.78 is 16.9. The highest BCUT2D eigenvalue weighted by Crippen LogP contribution is 2.18. The van der Waals surface area contributed by atoms with Gasteiger partial charge in [0.1, 0.15) is 0 Å². The standard InChI is InChI=1S/C12H15N3O4/c1-4-19-10(16)8-7-15-9(11(17-2)18-3)5-6-13-12(15)14-8/h5-7,11H,4H2,1-3H3. The molecule has 2 aromatic heterocycles. The van der Waals surface area contributed by atoms with Gasteiger partial charge >= 0.3 is 5.97 Å². The van der Waals surface area contributed by atoms with Crippen LogP contribution in [0.5, 0.6) is 0 Å². The number of hydrogen-bond acceptors (Lipinski definition) is 6. The van der Waals surface area contributed by atoms with Gasteiger partial charge in [-0.1, -0.05) is 0 Å². The number of rotatable bonds is 5. The first-order chi connectivity index (χ1) is 9.21. The minimum atomic E-state index is -0.560. The van der Waals surface area contributed by atoms with Gasteiger partial charge in [-0.25, -0.2) is 14.8 Å². The molecule has 7 heteroatoms. The number of hydrogen-bond donors (Lipinski definition) is 0. The maximum Gasteiger partial charge on any atom is 0.358 e. The molecular weight excluding hydrogens is 250 g/mol. The molecule has 0 unspecified atom stereocenters. The van der Waals surface area contributed by atoms with Gasteiger partial charge in [-0.15, -0.1) is 0 Å². The van der Waals surface area contributed by atoms with Gasteiger partial charge in [-0.05, 0) is 13.0 Å². The molecule has 0 amide bonds. The van der Waals surface area contributed by atoms with Crippen molar-refractivity contribution in [1.29, 1.82) is 0 Å². The lowest BCUT2D eigenvalue weighted by atomic mass is 10.4. The van der Waals surface area contributed by atoms with E-state index in [4.69, 9.17) is 14.2 Å². The summed E-state index contributed by atoms with van der Waals surface area (Å²) in [5, 5.41) is 0. The molecule has 2 rings (SSSR count). The van der Waals surface area contributed by atoms with Crippen molar-refractivity contribution in [1.82, 2.24) is 14.4 Å². The van der Waals surface area contributed by atoms with E-state index < -0.39 is 12.3 Å². The predicted molar refractivity (Wildman–Crippen MR) is 65.7 cm³/mol. The number of ether oxygens (including phenoxy) is 3. The third kappa shape index (κ3) is 2.56. The van der Waals surface area contributed by atoms with Crippen LogP contribution in [0.25, 0.3) is 5.78 Å². The second kappa shape index (κ2) is 5.77. The van der Waals surface area contributed by atoms with Crippen LogP contribution in [0.15, 0.2) is 18.5 Å². The molecule has 0 saturated heterocycles. The SMILES string of the molecule is CCOC(=O)c1cn2c(C(OC)OC)ccnc2n1. The van der Waals surface area contributed by atoms with E-state index in [1.165, 1.54) is 14.2 Å². The summed E-state index contributed by atoms with van der Waals surface area (Å²) in [4.78, 5) is 19.8. The number of methoxy groups -OCH3 is 2. The fourth-order valence-electron chi connectivity index (χ4n) is 1.75. The van der Waals surface area contributed by atoms with Crippen molar-refractivity contribution in [3.63, 3.8) is 0 Å². The van der Waals surface area contributed by atoms with Gasteiger partial charge in [0.2, 0.25) is 5.78 Å². The number of nitrogens with zero attached hydrogens (tertiary/aromatic N) is 3. The first kappa shape index (κ1) is 13.4. The van der Waals surface area contributed by atoms with Crippen LogP contribution < -0.4 is 0 Å². The predicted octanol–water partition coefficient (Wildman–Crippen LogP) is 1.20. The fourth-order valence-corrected chi connectivity index (χ4v) is 1.75. The Hall–Kier alpha value is -1.99. The molecule has 2 heterocycles. The number of esters is 1. The third-order valence-electron chi connectivity index (χ3n) is 2.55. The Morgan fingerprint density at radius 2 is 2.16 bits per heavy atom. The number of imidazole rings is 1. The second-order valence-electron chi connectivity index (χ2n) is 3.69. The summed E-state index contributed by atoms with van der Waals surface area (Å²) in [5.41, 5.74) is 0.894. The van der Waals surface area contributed by atoms with Gasteiger partial charge < -0.3 is 14.2 Å². The lowest BCUT2D eigenvalue weighted by Crippen LogP contribution is -2.09. The molecule has 0 aliphatic rings. The molecule has 7 nitrogen and oxygen atoms in total. The molecular formula is C12H15N3O4. The zero-order valence-corrected chi connectivity index (χ0v) is 11.0. The summed E-state index contributed by atoms with van der Waals surface area (Å²) in [7, 11) is 3.06. The zero-order chi connectivity index (χ0) is 13.8. The number of fused-ring (bicyclic) bond motifs is 1. The molecule has 102 valence electrons. The maximum atomic E-state index is 11.6. The molecule has 0 atom stereocenters. The largest absolute Gasteiger partial charge is 0.461 e. The lowest BCUT2D eigenvalue weighted by molar-refractivity contribution is -0.109. The zero-order valence-electron chi connectivity index (χ0n) is 11.0. The van der Waals surface area contributed by atoms with Crippen molar-refractivity contribution in [3.05, 3.63) is 29.8 Å². The summed E-state index contributed by atoms with van der Waals surface area (Å²) in [6.45, 7) is 2.04. The summed E-state index contributed by atoms with van der Waals surface area (Å²) in [6, 6.07) is 1.74. The van der Waals surface area contributed by atoms with Crippen LogP contribution in [0, 0.1) is 0 Å². The van der Waals surface area contributed by atoms with Crippen LogP contribution in [0.1, 0.15) is 29.4 Å². The molecule has 0 radical (unpaired) electrons. The van der Waals surface area contributed by atoms with Crippen molar-refractivity contribution in [2.24, 2.45) is 0 Å². The van der Waals surface area contributed by atoms with E-state index in [0.717, 1.165) is 0 Å². The summed E-state index contributed by atoms with van der Waals surface area (Å²) in [5.74, 6) is -0.0926. The van der Waals surface area contributed by atoms with Crippen molar-refractivity contribution in [2.75, 3.05) is 20.8 Å². The molecule has 0 aliphatic heterocycles. The van der Waals surface area contributed by atoms with E-state index in [9.17, 15) is 4.79 Å². The van der Waals surface area contributed by atoms with Crippen LogP contribution in [0.3, 0.4) is 0 Å². The Labute approximate surface area is 110 Å². The molecule has 0 fully saturated rings. The lowest BCUT2D eigenvalue weighted by Gasteiger charge is -2.14. The third-order valence-corrected chi connectivity index (χ3v) is 2.55. The van der Waals surface area contributed by atoms with E-state index in [2.05, 4.69) is 9.97 Å². The number of carbonyl (C=O) groups is 1. The maximum absolute atomic E-state index is 11.6. The highest BCUT2D eigenvalue weighted by atomic mass is 16.7. The van der Waals surface area contributed by atoms with Crippen molar-refractivity contribution in [3.8, 4) is 0 Å². The molecule has 19 heavy (non-hydrogen) atoms. The summed E-state index contributed by atoms with van der Waals surface area (Å²) >= 11 is 0. The average molecular weight is 265 g/mol. The minimum Gasteiger partial charge on any atom is -0.461 e. The quantitative estimate of drug-likeness (QED) is 0.597. The molecule has 0 aromatic carbocycles. The van der Waals surface area contributed by atoms with Gasteiger partial charge in [-0.3, -0.25) is 4.40 Å². The first-order valence-corrected chi connectivity index (χ1v) is 5.78. The van der Waals surface area contributed by atoms with Crippen LogP contribution in [0.2, 0.25) is 0 Å². The van der Waals surface area contributed by atoms with Gasteiger partial charge in [0.15, 0.2) is 12.0 Å². The summed E-state index contributed by atoms with van der Waals surface area (Å²) in [6.07, 6.45) is 2.58. The Bertz CT molecular complexity index is 577. The van der Waals surface area contributed by atoms with Crippen LogP contribution >= 0.6 is 0 Å². The first-order valence-electron chi connectivity index (χ1n) is 5.78. The van der Waals surface area contributed by atoms with Gasteiger partial charge in [-0.2, -0.15) is 0 Å². The topological polar surface area (TPSA) is 75.0 Å². The Morgan fingerprint density at radius 3 is 2.79 bits per heavy atom. The van der Waals surface area contributed by atoms with Crippen LogP contribution in [-0.4, -0.2) is 41.2 Å². The highest BCUT2D eigenvalue weighted by molar-refractivity contribution is 5.87. The molecule has 0 spiro atoms. The van der Waals surface area contributed by atoms with E-state index in [1.807, 2.05) is 0 Å². The van der Waals surface area contributed by atoms with E-state index in [0.29, 0.717) is 18.1 Å². The number of carbonyl (C=O) groups excluding carboxylic acids is 1. The van der Waals surface area contributed by atoms with Crippen LogP contribution in [0.4, 0.5) is 0 Å². The monoisotopic (exact) mass is 265 g/mol. The van der Waals surface area contributed by atoms with E-state index >= 15 is 0 Å². The van der Waals surface area contributed by atoms with Gasteiger partial charge in [0, 0.05) is 26.6 Å². The number of aromatic nitrogens is 3. The fraction of sp³-hybridized carbons (Fsp3) is 0.417. The highest BCUT2D eigenvalue weighted by Gasteiger charge is 2.18. The Kier molecular flexibility index (Phi) is 4.08. The van der Waals surface area contributed by atoms with Gasteiger partial charge in [0.25, 0.3) is 0 Å². The normalized spacial score (nSPS) is 11.2. The Balaban J connectivity index is 2.47. The van der Waals surface area contributed by atoms with Crippen LogP contribution in [-0.2, 0) is 14.2 Å². The average Bonchev–Trinajstić information content (AvgIpc) is 2.85. The van der Waals surface area contributed by atoms with Crippen molar-refractivity contribution >= 4 is 11.7 Å². The van der Waals surface area contributed by atoms with Crippen molar-refractivity contribution in [2.45, 2.75) is 13.2 Å². The van der Waals surface area contributed by atoms with Crippen molar-refractivity contribution < 1.29 is 19.0 Å². The smallest absolute Gasteiger partial charge is 0.358 e. The minimum absolute atomic E-state index is 0.202. The van der Waals surface area contributed by atoms with Gasteiger partial charge in [0.05, 0.1) is 12.3 Å². The molecule has 0 aliphatic carbocycles. The molecule has 0 N–H and O–H groups in total.